The van der Waals surface area contributed by atoms with Crippen LogP contribution in [0.5, 0.6) is 0 Å². The topological polar surface area (TPSA) is 54.0 Å². The quantitative estimate of drug-likeness (QED) is 0.816. The number of hydrogen-bond donors (Lipinski definition) is 2. The molecule has 1 aromatic rings. The van der Waals surface area contributed by atoms with Crippen LogP contribution < -0.4 is 10.6 Å². The molecule has 0 aromatic carbocycles. The van der Waals surface area contributed by atoms with E-state index in [-0.39, 0.29) is 11.9 Å². The first kappa shape index (κ1) is 13.6. The van der Waals surface area contributed by atoms with Crippen LogP contribution in [0.1, 0.15) is 39.3 Å². The van der Waals surface area contributed by atoms with Gasteiger partial charge in [0.2, 0.25) is 5.91 Å². The zero-order chi connectivity index (χ0) is 12.9. The van der Waals surface area contributed by atoms with Crippen LogP contribution in [0.4, 0.5) is 0 Å². The van der Waals surface area contributed by atoms with E-state index in [1.54, 1.807) is 12.4 Å². The lowest BCUT2D eigenvalue weighted by Gasteiger charge is -2.26. The molecular weight excluding hydrogens is 214 g/mol. The van der Waals surface area contributed by atoms with Crippen LogP contribution in [0.15, 0.2) is 24.5 Å². The van der Waals surface area contributed by atoms with Crippen LogP contribution in [0, 0.1) is 0 Å². The molecular formula is C13H21N3O. The molecule has 0 aliphatic carbocycles. The highest BCUT2D eigenvalue weighted by atomic mass is 16.2. The van der Waals surface area contributed by atoms with Gasteiger partial charge >= 0.3 is 0 Å². The maximum atomic E-state index is 12.0. The molecule has 4 heteroatoms. The van der Waals surface area contributed by atoms with Crippen molar-refractivity contribution in [2.45, 2.75) is 39.3 Å². The van der Waals surface area contributed by atoms with E-state index in [1.165, 1.54) is 0 Å². The number of likely N-dealkylation sites (N-methyl/N-ethyl adjacent to an activating group) is 1. The average Bonchev–Trinajstić information content (AvgIpc) is 2.30. The molecule has 2 N–H and O–H groups in total. The summed E-state index contributed by atoms with van der Waals surface area (Å²) < 4.78 is 0. The van der Waals surface area contributed by atoms with Gasteiger partial charge in [0, 0.05) is 12.4 Å². The fourth-order valence-corrected chi connectivity index (χ4v) is 1.61. The molecule has 1 heterocycles. The van der Waals surface area contributed by atoms with Crippen molar-refractivity contribution in [1.29, 1.82) is 0 Å². The predicted octanol–water partition coefficient (Wildman–Crippen LogP) is 1.65. The van der Waals surface area contributed by atoms with Crippen LogP contribution in [0.2, 0.25) is 0 Å². The molecule has 4 nitrogen and oxygen atoms in total. The minimum Gasteiger partial charge on any atom is -0.348 e. The van der Waals surface area contributed by atoms with E-state index in [0.29, 0.717) is 0 Å². The highest BCUT2D eigenvalue weighted by Gasteiger charge is 2.27. The van der Waals surface area contributed by atoms with Gasteiger partial charge in [-0.1, -0.05) is 13.0 Å². The molecule has 17 heavy (non-hydrogen) atoms. The van der Waals surface area contributed by atoms with E-state index in [4.69, 9.17) is 0 Å². The Bertz CT molecular complexity index is 362. The molecule has 0 bridgehead atoms. The third-order valence-corrected chi connectivity index (χ3v) is 2.72. The van der Waals surface area contributed by atoms with Gasteiger partial charge in [0.1, 0.15) is 0 Å². The number of nitrogens with one attached hydrogen (secondary N) is 2. The van der Waals surface area contributed by atoms with Crippen molar-refractivity contribution in [3.05, 3.63) is 30.1 Å². The van der Waals surface area contributed by atoms with Gasteiger partial charge in [-0.3, -0.25) is 9.78 Å². The number of hydrogen-bond acceptors (Lipinski definition) is 3. The van der Waals surface area contributed by atoms with Crippen LogP contribution in [-0.4, -0.2) is 23.0 Å². The molecule has 1 aromatic heterocycles. The molecule has 0 fully saturated rings. The van der Waals surface area contributed by atoms with Gasteiger partial charge in [0.15, 0.2) is 0 Å². The van der Waals surface area contributed by atoms with Gasteiger partial charge < -0.3 is 10.6 Å². The van der Waals surface area contributed by atoms with Crippen LogP contribution in [-0.2, 0) is 4.79 Å². The Hall–Kier alpha value is -1.42. The van der Waals surface area contributed by atoms with Gasteiger partial charge in [-0.2, -0.15) is 0 Å². The molecule has 0 radical (unpaired) electrons. The lowest BCUT2D eigenvalue weighted by molar-refractivity contribution is -0.127. The Morgan fingerprint density at radius 3 is 2.76 bits per heavy atom. The predicted molar refractivity (Wildman–Crippen MR) is 68.6 cm³/mol. The maximum Gasteiger partial charge on any atom is 0.240 e. The number of amides is 1. The molecule has 0 saturated carbocycles. The van der Waals surface area contributed by atoms with Crippen molar-refractivity contribution in [3.63, 3.8) is 0 Å². The van der Waals surface area contributed by atoms with Crippen molar-refractivity contribution in [1.82, 2.24) is 15.6 Å². The molecule has 94 valence electrons. The summed E-state index contributed by atoms with van der Waals surface area (Å²) >= 11 is 0. The zero-order valence-electron chi connectivity index (χ0n) is 10.9. The molecule has 1 unspecified atom stereocenters. The van der Waals surface area contributed by atoms with Crippen LogP contribution in [0.3, 0.4) is 0 Å². The fraction of sp³-hybridized carbons (Fsp3) is 0.538. The highest BCUT2D eigenvalue weighted by Crippen LogP contribution is 2.12. The summed E-state index contributed by atoms with van der Waals surface area (Å²) in [5.41, 5.74) is 0.457. The second kappa shape index (κ2) is 5.77. The minimum absolute atomic E-state index is 0.00398. The number of rotatable bonds is 5. The standard InChI is InChI=1S/C13H21N3O/c1-5-15-13(3,4)12(17)16-10(2)11-7-6-8-14-9-11/h6-10,15H,5H2,1-4H3,(H,16,17). The summed E-state index contributed by atoms with van der Waals surface area (Å²) in [5, 5.41) is 6.13. The Kier molecular flexibility index (Phi) is 4.63. The van der Waals surface area contributed by atoms with E-state index in [9.17, 15) is 4.79 Å². The van der Waals surface area contributed by atoms with Crippen molar-refractivity contribution in [3.8, 4) is 0 Å². The second-order valence-electron chi connectivity index (χ2n) is 4.64. The number of nitrogens with zero attached hydrogens (tertiary/aromatic N) is 1. The Balaban J connectivity index is 2.63. The van der Waals surface area contributed by atoms with Crippen LogP contribution >= 0.6 is 0 Å². The average molecular weight is 235 g/mol. The number of carbonyl (C=O) groups is 1. The number of aromatic nitrogens is 1. The lowest BCUT2D eigenvalue weighted by atomic mass is 10.0. The maximum absolute atomic E-state index is 12.0. The minimum atomic E-state index is -0.550. The molecule has 1 rings (SSSR count). The molecule has 0 saturated heterocycles. The van der Waals surface area contributed by atoms with Gasteiger partial charge in [-0.05, 0) is 38.9 Å². The van der Waals surface area contributed by atoms with Crippen molar-refractivity contribution < 1.29 is 4.79 Å². The van der Waals surface area contributed by atoms with Crippen molar-refractivity contribution in [2.24, 2.45) is 0 Å². The summed E-state index contributed by atoms with van der Waals surface area (Å²) in [5.74, 6) is -0.00398. The first-order valence-corrected chi connectivity index (χ1v) is 5.93. The van der Waals surface area contributed by atoms with Crippen molar-refractivity contribution >= 4 is 5.91 Å². The summed E-state index contributed by atoms with van der Waals surface area (Å²) in [6, 6.07) is 3.79. The first-order chi connectivity index (χ1) is 7.97. The summed E-state index contributed by atoms with van der Waals surface area (Å²) in [6.07, 6.45) is 3.49. The molecule has 0 aliphatic rings. The van der Waals surface area contributed by atoms with Crippen molar-refractivity contribution in [2.75, 3.05) is 6.54 Å². The van der Waals surface area contributed by atoms with E-state index < -0.39 is 5.54 Å². The Morgan fingerprint density at radius 2 is 2.24 bits per heavy atom. The number of pyridine rings is 1. The van der Waals surface area contributed by atoms with Gasteiger partial charge in [-0.15, -0.1) is 0 Å². The Morgan fingerprint density at radius 1 is 1.53 bits per heavy atom. The fourth-order valence-electron chi connectivity index (χ4n) is 1.61. The van der Waals surface area contributed by atoms with E-state index in [1.807, 2.05) is 39.8 Å². The van der Waals surface area contributed by atoms with Gasteiger partial charge in [0.05, 0.1) is 11.6 Å². The largest absolute Gasteiger partial charge is 0.348 e. The molecule has 0 spiro atoms. The summed E-state index contributed by atoms with van der Waals surface area (Å²) in [6.45, 7) is 8.46. The van der Waals surface area contributed by atoms with E-state index >= 15 is 0 Å². The lowest BCUT2D eigenvalue weighted by Crippen LogP contribution is -2.52. The molecule has 1 atom stereocenters. The normalized spacial score (nSPS) is 13.2. The van der Waals surface area contributed by atoms with Gasteiger partial charge in [0.25, 0.3) is 0 Å². The number of carbonyl (C=O) groups excluding carboxylic acids is 1. The first-order valence-electron chi connectivity index (χ1n) is 5.93. The monoisotopic (exact) mass is 235 g/mol. The third kappa shape index (κ3) is 3.82. The Labute approximate surface area is 103 Å². The van der Waals surface area contributed by atoms with Gasteiger partial charge in [-0.25, -0.2) is 0 Å². The van der Waals surface area contributed by atoms with E-state index in [2.05, 4.69) is 15.6 Å². The van der Waals surface area contributed by atoms with Crippen LogP contribution in [0.25, 0.3) is 0 Å². The van der Waals surface area contributed by atoms with E-state index in [0.717, 1.165) is 12.1 Å². The summed E-state index contributed by atoms with van der Waals surface area (Å²) in [4.78, 5) is 16.1. The third-order valence-electron chi connectivity index (χ3n) is 2.72. The summed E-state index contributed by atoms with van der Waals surface area (Å²) in [7, 11) is 0. The molecule has 1 amide bonds. The molecule has 0 aliphatic heterocycles. The zero-order valence-corrected chi connectivity index (χ0v) is 10.9. The second-order valence-corrected chi connectivity index (χ2v) is 4.64. The SMILES string of the molecule is CCNC(C)(C)C(=O)NC(C)c1cccnc1. The highest BCUT2D eigenvalue weighted by molar-refractivity contribution is 5.85. The smallest absolute Gasteiger partial charge is 0.240 e.